The lowest BCUT2D eigenvalue weighted by atomic mass is 9.88. The number of amides is 5. The zero-order valence-electron chi connectivity index (χ0n) is 19.2. The first-order valence-electron chi connectivity index (χ1n) is 11.0. The van der Waals surface area contributed by atoms with Crippen molar-refractivity contribution in [3.05, 3.63) is 29.3 Å². The van der Waals surface area contributed by atoms with Crippen molar-refractivity contribution in [3.8, 4) is 0 Å². The van der Waals surface area contributed by atoms with Crippen LogP contribution < -0.4 is 15.5 Å². The summed E-state index contributed by atoms with van der Waals surface area (Å²) in [6.45, 7) is 3.04. The number of nitrogens with zero attached hydrogens (tertiary/aromatic N) is 3. The van der Waals surface area contributed by atoms with Crippen molar-refractivity contribution in [2.75, 3.05) is 45.2 Å². The van der Waals surface area contributed by atoms with Crippen molar-refractivity contribution in [2.24, 2.45) is 0 Å². The molecule has 1 atom stereocenters. The molecule has 0 saturated carbocycles. The molecule has 4 rings (SSSR count). The number of benzene rings is 1. The monoisotopic (exact) mass is 479 g/mol. The summed E-state index contributed by atoms with van der Waals surface area (Å²) in [4.78, 5) is 52.1. The molecule has 0 radical (unpaired) electrons. The summed E-state index contributed by atoms with van der Waals surface area (Å²) >= 11 is 0. The number of piperidine rings is 1. The Morgan fingerprint density at radius 1 is 1.18 bits per heavy atom. The number of halogens is 2. The average molecular weight is 479 g/mol. The van der Waals surface area contributed by atoms with Gasteiger partial charge in [0.25, 0.3) is 0 Å². The number of anilines is 1. The van der Waals surface area contributed by atoms with E-state index in [0.29, 0.717) is 26.2 Å². The summed E-state index contributed by atoms with van der Waals surface area (Å²) < 4.78 is 34.9. The van der Waals surface area contributed by atoms with Gasteiger partial charge in [-0.25, -0.2) is 18.4 Å². The summed E-state index contributed by atoms with van der Waals surface area (Å²) in [7, 11) is 3.29. The maximum absolute atomic E-state index is 14.8. The molecule has 3 heterocycles. The van der Waals surface area contributed by atoms with Gasteiger partial charge in [0.1, 0.15) is 17.7 Å². The highest BCUT2D eigenvalue weighted by Crippen LogP contribution is 2.35. The van der Waals surface area contributed by atoms with Crippen LogP contribution in [0.25, 0.3) is 0 Å². The van der Waals surface area contributed by atoms with Gasteiger partial charge >= 0.3 is 12.1 Å². The number of urea groups is 1. The van der Waals surface area contributed by atoms with Crippen LogP contribution in [0.15, 0.2) is 12.1 Å². The van der Waals surface area contributed by atoms with Gasteiger partial charge in [-0.05, 0) is 25.5 Å². The second kappa shape index (κ2) is 8.73. The molecule has 3 aliphatic rings. The Balaban J connectivity index is 1.30. The Hall–Kier alpha value is -3.44. The molecule has 5 amide bonds. The smallest absolute Gasteiger partial charge is 0.408 e. The van der Waals surface area contributed by atoms with Gasteiger partial charge in [-0.3, -0.25) is 14.9 Å². The molecule has 1 unspecified atom stereocenters. The lowest BCUT2D eigenvalue weighted by molar-refractivity contribution is -0.134. The molecule has 0 bridgehead atoms. The van der Waals surface area contributed by atoms with Gasteiger partial charge in [0.15, 0.2) is 0 Å². The van der Waals surface area contributed by atoms with Gasteiger partial charge in [0, 0.05) is 44.9 Å². The molecule has 3 saturated heterocycles. The molecular weight excluding hydrogens is 452 g/mol. The number of likely N-dealkylation sites (tertiary alicyclic amines) is 1. The molecule has 1 aromatic rings. The summed E-state index contributed by atoms with van der Waals surface area (Å²) in [5, 5.41) is 4.88. The Kier molecular flexibility index (Phi) is 6.09. The summed E-state index contributed by atoms with van der Waals surface area (Å²) in [5.74, 6) is -3.93. The summed E-state index contributed by atoms with van der Waals surface area (Å²) in [6.07, 6.45) is -0.927. The first-order valence-corrected chi connectivity index (χ1v) is 11.0. The predicted molar refractivity (Wildman–Crippen MR) is 116 cm³/mol. The third-order valence-electron chi connectivity index (χ3n) is 6.27. The second-order valence-electron chi connectivity index (χ2n) is 9.48. The number of imide groups is 1. The van der Waals surface area contributed by atoms with Gasteiger partial charge in [-0.2, -0.15) is 0 Å². The second-order valence-corrected chi connectivity index (χ2v) is 9.48. The number of carbonyl (C=O) groups excluding carboxylic acids is 4. The van der Waals surface area contributed by atoms with E-state index in [1.165, 1.54) is 4.90 Å². The third-order valence-corrected chi connectivity index (χ3v) is 6.27. The molecule has 34 heavy (non-hydrogen) atoms. The quantitative estimate of drug-likeness (QED) is 0.627. The Morgan fingerprint density at radius 3 is 2.35 bits per heavy atom. The molecule has 10 nitrogen and oxygen atoms in total. The maximum atomic E-state index is 14.8. The third kappa shape index (κ3) is 4.62. The SMILES string of the molecule is CN(C)C(=O)N1CC(OC(=O)NC2(C)CN(c3cc(F)c(C4CCC(=O)NC4=O)c(F)c3)C2)C1. The molecule has 12 heteroatoms. The van der Waals surface area contributed by atoms with Crippen LogP contribution in [0.3, 0.4) is 0 Å². The largest absolute Gasteiger partial charge is 0.442 e. The van der Waals surface area contributed by atoms with Gasteiger partial charge in [-0.1, -0.05) is 0 Å². The van der Waals surface area contributed by atoms with E-state index in [1.54, 1.807) is 30.8 Å². The van der Waals surface area contributed by atoms with Crippen LogP contribution >= 0.6 is 0 Å². The average Bonchev–Trinajstić information content (AvgIpc) is 2.68. The van der Waals surface area contributed by atoms with Crippen LogP contribution in [-0.2, 0) is 14.3 Å². The van der Waals surface area contributed by atoms with Crippen molar-refractivity contribution in [2.45, 2.75) is 37.3 Å². The Morgan fingerprint density at radius 2 is 1.79 bits per heavy atom. The molecule has 0 aromatic heterocycles. The molecule has 0 aliphatic carbocycles. The minimum absolute atomic E-state index is 0.0220. The first kappa shape index (κ1) is 23.7. The molecular formula is C22H27F2N5O5. The maximum Gasteiger partial charge on any atom is 0.408 e. The number of ether oxygens (including phenoxy) is 1. The Bertz CT molecular complexity index is 1010. The highest BCUT2D eigenvalue weighted by Gasteiger charge is 2.43. The fourth-order valence-corrected chi connectivity index (χ4v) is 4.49. The topological polar surface area (TPSA) is 111 Å². The van der Waals surface area contributed by atoms with Gasteiger partial charge in [0.05, 0.1) is 24.5 Å². The number of nitrogens with one attached hydrogen (secondary N) is 2. The van der Waals surface area contributed by atoms with E-state index in [2.05, 4.69) is 10.6 Å². The van der Waals surface area contributed by atoms with E-state index in [1.807, 2.05) is 0 Å². The zero-order chi connectivity index (χ0) is 24.8. The number of hydrogen-bond acceptors (Lipinski definition) is 6. The normalized spacial score (nSPS) is 21.9. The number of alkyl carbamates (subject to hydrolysis) is 1. The van der Waals surface area contributed by atoms with E-state index in [4.69, 9.17) is 4.74 Å². The number of hydrogen-bond donors (Lipinski definition) is 2. The van der Waals surface area contributed by atoms with Gasteiger partial charge in [0.2, 0.25) is 11.8 Å². The molecule has 3 aliphatic heterocycles. The van der Waals surface area contributed by atoms with E-state index >= 15 is 0 Å². The van der Waals surface area contributed by atoms with Crippen LogP contribution in [0, 0.1) is 11.6 Å². The number of rotatable bonds is 4. The molecule has 184 valence electrons. The minimum Gasteiger partial charge on any atom is -0.442 e. The lowest BCUT2D eigenvalue weighted by Gasteiger charge is -2.49. The standard InChI is InChI=1S/C22H27F2N5O5/c1-22(26-20(32)34-13-8-28(9-13)21(33)27(2)3)10-29(11-22)12-6-15(23)18(16(24)7-12)14-4-5-17(30)25-19(14)31/h6-7,13-14H,4-5,8-11H2,1-3H3,(H,26,32)(H,25,30,31). The summed E-state index contributed by atoms with van der Waals surface area (Å²) in [6, 6.07) is 2.17. The van der Waals surface area contributed by atoms with Crippen LogP contribution in [-0.4, -0.2) is 85.7 Å². The zero-order valence-corrected chi connectivity index (χ0v) is 19.2. The molecule has 3 fully saturated rings. The van der Waals surface area contributed by atoms with Crippen LogP contribution in [0.2, 0.25) is 0 Å². The molecule has 0 spiro atoms. The van der Waals surface area contributed by atoms with Crippen molar-refractivity contribution in [3.63, 3.8) is 0 Å². The van der Waals surface area contributed by atoms with Gasteiger partial charge in [-0.15, -0.1) is 0 Å². The lowest BCUT2D eigenvalue weighted by Crippen LogP contribution is -2.69. The highest BCUT2D eigenvalue weighted by atomic mass is 19.1. The van der Waals surface area contributed by atoms with Crippen molar-refractivity contribution in [1.29, 1.82) is 0 Å². The minimum atomic E-state index is -1.06. The fraction of sp³-hybridized carbons (Fsp3) is 0.545. The number of carbonyl (C=O) groups is 4. The van der Waals surface area contributed by atoms with Crippen molar-refractivity contribution < 1.29 is 32.7 Å². The van der Waals surface area contributed by atoms with E-state index < -0.39 is 41.0 Å². The van der Waals surface area contributed by atoms with Crippen molar-refractivity contribution in [1.82, 2.24) is 20.4 Å². The fourth-order valence-electron chi connectivity index (χ4n) is 4.49. The molecule has 1 aromatic carbocycles. The molecule has 2 N–H and O–H groups in total. The summed E-state index contributed by atoms with van der Waals surface area (Å²) in [5.41, 5.74) is -0.716. The van der Waals surface area contributed by atoms with E-state index in [0.717, 1.165) is 12.1 Å². The van der Waals surface area contributed by atoms with Gasteiger partial charge < -0.3 is 24.8 Å². The van der Waals surface area contributed by atoms with Crippen LogP contribution in [0.4, 0.5) is 24.1 Å². The van der Waals surface area contributed by atoms with Crippen LogP contribution in [0.5, 0.6) is 0 Å². The highest BCUT2D eigenvalue weighted by molar-refractivity contribution is 6.01. The van der Waals surface area contributed by atoms with Crippen molar-refractivity contribution >= 4 is 29.6 Å². The Labute approximate surface area is 195 Å². The van der Waals surface area contributed by atoms with E-state index in [-0.39, 0.29) is 36.2 Å². The van der Waals surface area contributed by atoms with E-state index in [9.17, 15) is 28.0 Å². The van der Waals surface area contributed by atoms with Crippen LogP contribution in [0.1, 0.15) is 31.2 Å². The predicted octanol–water partition coefficient (Wildman–Crippen LogP) is 1.16. The first-order chi connectivity index (χ1) is 16.0.